The second-order valence-corrected chi connectivity index (χ2v) is 28.1. The molecule has 2 aliphatic rings. The fourth-order valence-corrected chi connectivity index (χ4v) is 18.8. The van der Waals surface area contributed by atoms with E-state index in [-0.39, 0.29) is 11.1 Å². The smallest absolute Gasteiger partial charge is 0.200 e. The number of rotatable bonds is 5. The summed E-state index contributed by atoms with van der Waals surface area (Å²) in [5.41, 5.74) is 12.4. The predicted octanol–water partition coefficient (Wildman–Crippen LogP) is 23.0. The van der Waals surface area contributed by atoms with Crippen molar-refractivity contribution in [3.05, 3.63) is 232 Å². The molecular weight excluding hydrogens is 1150 g/mol. The molecule has 0 atom stereocenters. The van der Waals surface area contributed by atoms with Crippen LogP contribution in [-0.2, 0) is 21.1 Å². The molecule has 6 heteroatoms. The minimum Gasteiger partial charge on any atom is -0.200 e. The van der Waals surface area contributed by atoms with E-state index >= 15 is 0 Å². The maximum absolute atomic E-state index is 9.11. The van der Waals surface area contributed by atoms with Gasteiger partial charge in [-0.05, 0) is 176 Å². The highest BCUT2D eigenvalue weighted by molar-refractivity contribution is 7.28. The lowest BCUT2D eigenvalue weighted by Crippen LogP contribution is -2.31. The molecule has 446 valence electrons. The molecule has 0 spiro atoms. The molecule has 9 aromatic carbocycles. The lowest BCUT2D eigenvalue weighted by molar-refractivity contribution is -0.659. The second kappa shape index (κ2) is 23.6. The third-order valence-corrected chi connectivity index (χ3v) is 22.8. The molecule has 15 aromatic rings. The first-order chi connectivity index (χ1) is 49.3. The summed E-state index contributed by atoms with van der Waals surface area (Å²) in [5.74, 6) is -1.08. The summed E-state index contributed by atoms with van der Waals surface area (Å²) >= 11 is 5.07. The fraction of sp³-hybridized carbons (Fsp3) is 0.250. The van der Waals surface area contributed by atoms with Gasteiger partial charge in [0.25, 0.3) is 0 Å². The molecule has 0 saturated heterocycles. The van der Waals surface area contributed by atoms with Gasteiger partial charge in [0, 0.05) is 82.8 Å². The number of thiophene rings is 3. The highest BCUT2D eigenvalue weighted by atomic mass is 32.1. The van der Waals surface area contributed by atoms with Crippen LogP contribution in [-0.4, -0.2) is 0 Å². The highest BCUT2D eigenvalue weighted by Crippen LogP contribution is 2.47. The summed E-state index contributed by atoms with van der Waals surface area (Å²) < 4.78 is 127. The standard InChI is InChI=1S/C31H32NS.C30H30NS.C23H18NS/c1-19-10-13-25(20(2)16-19)29-31-28(21(3)18-32(29)4)27-15-12-24-17-23(22-8-6-5-7-9-22)11-14-26(24)30(27)33-31;1-18-9-12-24(19(2)15-18)28-30-27(20(3)17-31(28)4)26-14-11-23-16-22(21-7-5-6-8-21)10-13-25(23)29(26)32-30;1-15-7-3-6-10-18(15)22-23-19(11-12-24(22)2)20-13-16-8-4-5-9-17(16)14-21(20)25-23/h10-18,22H,5-9H2,1-4H3;9-17,21H,5-8H2,1-4H3;3-14H,1-2H3/q3*+1/i1D3,3D3,22D;1D3,3D3,21D;. The van der Waals surface area contributed by atoms with Crippen molar-refractivity contribution in [2.24, 2.45) is 21.1 Å². The molecule has 90 heavy (non-hydrogen) atoms. The summed E-state index contributed by atoms with van der Waals surface area (Å²) in [5, 5.41) is 12.8. The van der Waals surface area contributed by atoms with Crippen LogP contribution in [0.4, 0.5) is 0 Å². The maximum Gasteiger partial charge on any atom is 0.230 e. The van der Waals surface area contributed by atoms with Gasteiger partial charge in [0.05, 0.1) is 16.7 Å². The molecule has 0 amide bonds. The van der Waals surface area contributed by atoms with Gasteiger partial charge in [0.2, 0.25) is 17.1 Å². The SMILES string of the molecule is Cc1ccccc1-c1c2sc3cc4ccccc4cc3c2cc[n+]1C.[2H]C([2H])([2H])c1ccc(-c2c3sc4c5ccc(C6([2H])CCCC6)cc5ccc4c3c(C([2H])([2H])[2H])c[n+]2C)c(C)c1.[2H]C([2H])([2H])c1ccc(-c2c3sc4c5ccc(C6([2H])CCCCC6)cc5ccc4c3c(C([2H])([2H])[2H])c[n+]2C)c(C)c1. The molecule has 17 rings (SSSR count). The molecule has 0 unspecified atom stereocenters. The Labute approximate surface area is 561 Å². The average Bonchev–Trinajstić information content (AvgIpc) is 1.56. The van der Waals surface area contributed by atoms with Crippen molar-refractivity contribution >= 4 is 127 Å². The monoisotopic (exact) mass is 1240 g/mol. The van der Waals surface area contributed by atoms with Crippen LogP contribution in [0.3, 0.4) is 0 Å². The van der Waals surface area contributed by atoms with E-state index in [1.54, 1.807) is 59.3 Å². The highest BCUT2D eigenvalue weighted by Gasteiger charge is 2.27. The quantitative estimate of drug-likeness (QED) is 0.152. The summed E-state index contributed by atoms with van der Waals surface area (Å²) in [6.07, 6.45) is 14.6. The fourth-order valence-electron chi connectivity index (χ4n) is 14.6. The first-order valence-electron chi connectivity index (χ1n) is 38.5. The first-order valence-corrected chi connectivity index (χ1v) is 33.9. The number of pyridine rings is 3. The predicted molar refractivity (Wildman–Crippen MR) is 391 cm³/mol. The Bertz CT molecular complexity index is 5980. The molecule has 0 N–H and O–H groups in total. The van der Waals surface area contributed by atoms with Gasteiger partial charge in [-0.1, -0.05) is 171 Å². The molecule has 2 aliphatic carbocycles. The van der Waals surface area contributed by atoms with Crippen LogP contribution in [0.1, 0.15) is 139 Å². The third kappa shape index (κ3) is 10.3. The summed E-state index contributed by atoms with van der Waals surface area (Å²) in [7, 11) is 5.85. The van der Waals surface area contributed by atoms with Crippen LogP contribution < -0.4 is 13.7 Å². The van der Waals surface area contributed by atoms with E-state index in [0.717, 1.165) is 158 Å². The largest absolute Gasteiger partial charge is 0.230 e. The molecule has 3 nitrogen and oxygen atoms in total. The van der Waals surface area contributed by atoms with Gasteiger partial charge in [0.1, 0.15) is 35.2 Å². The number of aromatic nitrogens is 3. The van der Waals surface area contributed by atoms with Crippen LogP contribution in [0.15, 0.2) is 182 Å². The summed E-state index contributed by atoms with van der Waals surface area (Å²) in [4.78, 5) is 0. The van der Waals surface area contributed by atoms with E-state index in [9.17, 15) is 0 Å². The molecule has 0 aliphatic heterocycles. The molecule has 0 radical (unpaired) electrons. The minimum absolute atomic E-state index is 0.286. The van der Waals surface area contributed by atoms with Gasteiger partial charge in [-0.15, -0.1) is 34.0 Å². The second-order valence-electron chi connectivity index (χ2n) is 25.0. The van der Waals surface area contributed by atoms with Gasteiger partial charge in [-0.25, -0.2) is 0 Å². The maximum atomic E-state index is 9.11. The van der Waals surface area contributed by atoms with Crippen LogP contribution in [0.5, 0.6) is 0 Å². The minimum atomic E-state index is -2.31. The van der Waals surface area contributed by atoms with Crippen LogP contribution in [0.25, 0.3) is 127 Å². The Hall–Kier alpha value is -8.13. The number of fused-ring (bicyclic) bond motifs is 14. The van der Waals surface area contributed by atoms with Crippen molar-refractivity contribution in [3.63, 3.8) is 0 Å². The van der Waals surface area contributed by atoms with Crippen molar-refractivity contribution < 1.29 is 32.9 Å². The molecule has 2 fully saturated rings. The zero-order chi connectivity index (χ0) is 73.5. The Balaban J connectivity index is 0.000000129. The number of aryl methyl sites for hydroxylation is 10. The lowest BCUT2D eigenvalue weighted by atomic mass is 9.83. The van der Waals surface area contributed by atoms with Crippen LogP contribution in [0.2, 0.25) is 0 Å². The number of benzene rings is 9. The van der Waals surface area contributed by atoms with Crippen molar-refractivity contribution in [2.75, 3.05) is 0 Å². The number of hydrogen-bond acceptors (Lipinski definition) is 3. The van der Waals surface area contributed by atoms with E-state index < -0.39 is 39.2 Å². The van der Waals surface area contributed by atoms with Gasteiger partial charge in [0.15, 0.2) is 18.6 Å². The summed E-state index contributed by atoms with van der Waals surface area (Å²) in [6, 6.07) is 55.4. The molecule has 0 bridgehead atoms. The van der Waals surface area contributed by atoms with Crippen molar-refractivity contribution in [2.45, 2.75) is 118 Å². The van der Waals surface area contributed by atoms with E-state index in [0.29, 0.717) is 11.1 Å². The van der Waals surface area contributed by atoms with Crippen molar-refractivity contribution in [1.82, 2.24) is 0 Å². The lowest BCUT2D eigenvalue weighted by Gasteiger charge is -2.22. The van der Waals surface area contributed by atoms with Gasteiger partial charge in [-0.3, -0.25) is 0 Å². The Morgan fingerprint density at radius 3 is 1.38 bits per heavy atom. The van der Waals surface area contributed by atoms with Gasteiger partial charge >= 0.3 is 0 Å². The number of nitrogens with zero attached hydrogens (tertiary/aromatic N) is 3. The average molecular weight is 1240 g/mol. The first kappa shape index (κ1) is 44.4. The third-order valence-electron chi connectivity index (χ3n) is 19.1. The van der Waals surface area contributed by atoms with E-state index in [2.05, 4.69) is 140 Å². The molecule has 6 heterocycles. The molecule has 2 saturated carbocycles. The normalized spacial score (nSPS) is 17.6. The van der Waals surface area contributed by atoms with Gasteiger partial charge < -0.3 is 0 Å². The number of hydrogen-bond donors (Lipinski definition) is 0. The van der Waals surface area contributed by atoms with E-state index in [1.807, 2.05) is 72.7 Å². The van der Waals surface area contributed by atoms with Crippen LogP contribution in [0, 0.1) is 48.2 Å². The summed E-state index contributed by atoms with van der Waals surface area (Å²) in [6.45, 7) is -3.01. The molecule has 6 aromatic heterocycles. The van der Waals surface area contributed by atoms with Crippen molar-refractivity contribution in [1.29, 1.82) is 0 Å². The Morgan fingerprint density at radius 1 is 0.367 bits per heavy atom. The van der Waals surface area contributed by atoms with Gasteiger partial charge in [-0.2, -0.15) is 13.7 Å². The Morgan fingerprint density at radius 2 is 0.856 bits per heavy atom. The zero-order valence-corrected chi connectivity index (χ0v) is 54.2. The van der Waals surface area contributed by atoms with Crippen molar-refractivity contribution in [3.8, 4) is 33.8 Å². The van der Waals surface area contributed by atoms with Crippen LogP contribution >= 0.6 is 34.0 Å². The zero-order valence-electron chi connectivity index (χ0n) is 65.8. The Kier molecular flexibility index (Phi) is 11.6. The van der Waals surface area contributed by atoms with E-state index in [1.165, 1.54) is 54.2 Å². The van der Waals surface area contributed by atoms with E-state index in [4.69, 9.17) is 19.2 Å². The molecular formula is C84H80N3S3+3. The topological polar surface area (TPSA) is 11.6 Å².